The topological polar surface area (TPSA) is 53.1 Å². The van der Waals surface area contributed by atoms with E-state index < -0.39 is 5.54 Å². The van der Waals surface area contributed by atoms with Crippen molar-refractivity contribution in [2.45, 2.75) is 37.4 Å². The van der Waals surface area contributed by atoms with Crippen LogP contribution in [0.3, 0.4) is 0 Å². The number of imide groups is 1. The van der Waals surface area contributed by atoms with E-state index in [4.69, 9.17) is 4.74 Å². The predicted molar refractivity (Wildman–Crippen MR) is 128 cm³/mol. The molecule has 0 bridgehead atoms. The van der Waals surface area contributed by atoms with Crippen molar-refractivity contribution >= 4 is 34.5 Å². The first-order valence-corrected chi connectivity index (χ1v) is 12.7. The molecule has 1 spiro atoms. The first kappa shape index (κ1) is 21.7. The number of fused-ring (bicyclic) bond motifs is 1. The monoisotopic (exact) mass is 453 g/mol. The minimum atomic E-state index is -0.734. The number of methoxy groups -OCH3 is 1. The number of thioether (sulfide) groups is 1. The van der Waals surface area contributed by atoms with Crippen LogP contribution in [0.15, 0.2) is 42.5 Å². The summed E-state index contributed by atoms with van der Waals surface area (Å²) in [5.74, 6) is 2.37. The second kappa shape index (κ2) is 9.04. The summed E-state index contributed by atoms with van der Waals surface area (Å²) >= 11 is 2.02. The van der Waals surface area contributed by atoms with Crippen LogP contribution in [-0.4, -0.2) is 83.1 Å². The maximum Gasteiger partial charge on any atom is 0.328 e. The van der Waals surface area contributed by atoms with Crippen molar-refractivity contribution in [1.29, 1.82) is 0 Å². The smallest absolute Gasteiger partial charge is 0.328 e. The maximum absolute atomic E-state index is 13.8. The van der Waals surface area contributed by atoms with Crippen molar-refractivity contribution in [2.75, 3.05) is 44.9 Å². The summed E-state index contributed by atoms with van der Waals surface area (Å²) in [4.78, 5) is 33.2. The molecule has 5 rings (SSSR count). The Morgan fingerprint density at radius 1 is 1.09 bits per heavy atom. The van der Waals surface area contributed by atoms with Gasteiger partial charge in [0.15, 0.2) is 0 Å². The van der Waals surface area contributed by atoms with E-state index in [1.54, 1.807) is 7.11 Å². The number of rotatable bonds is 6. The van der Waals surface area contributed by atoms with Crippen LogP contribution in [0.4, 0.5) is 4.79 Å². The van der Waals surface area contributed by atoms with Gasteiger partial charge >= 0.3 is 6.03 Å². The Labute approximate surface area is 193 Å². The average Bonchev–Trinajstić information content (AvgIpc) is 3.42. The molecule has 3 fully saturated rings. The van der Waals surface area contributed by atoms with Crippen LogP contribution in [-0.2, 0) is 16.1 Å². The van der Waals surface area contributed by atoms with Crippen LogP contribution in [0.2, 0.25) is 0 Å². The number of carbonyl (C=O) groups is 2. The molecule has 2 aromatic rings. The number of amides is 3. The molecule has 0 unspecified atom stereocenters. The Bertz CT molecular complexity index is 994. The molecular formula is C25H31N3O3S. The van der Waals surface area contributed by atoms with E-state index in [1.807, 2.05) is 40.9 Å². The summed E-state index contributed by atoms with van der Waals surface area (Å²) in [6.07, 6.45) is 2.63. The van der Waals surface area contributed by atoms with Gasteiger partial charge in [0, 0.05) is 38.5 Å². The number of likely N-dealkylation sites (tertiary alicyclic amines) is 1. The molecule has 3 heterocycles. The lowest BCUT2D eigenvalue weighted by molar-refractivity contribution is -0.136. The summed E-state index contributed by atoms with van der Waals surface area (Å²) in [5.41, 5.74) is 0.275. The number of hydrogen-bond acceptors (Lipinski definition) is 5. The highest BCUT2D eigenvalue weighted by Gasteiger charge is 2.58. The fraction of sp³-hybridized carbons (Fsp3) is 0.520. The second-order valence-corrected chi connectivity index (χ2v) is 10.2. The molecule has 0 aliphatic carbocycles. The van der Waals surface area contributed by atoms with Crippen molar-refractivity contribution in [3.63, 3.8) is 0 Å². The molecule has 0 radical (unpaired) electrons. The van der Waals surface area contributed by atoms with Crippen molar-refractivity contribution in [3.8, 4) is 0 Å². The molecule has 0 saturated carbocycles. The Balaban J connectivity index is 1.41. The van der Waals surface area contributed by atoms with Crippen LogP contribution >= 0.6 is 11.8 Å². The molecule has 2 aromatic carbocycles. The summed E-state index contributed by atoms with van der Waals surface area (Å²) in [6.45, 7) is 2.94. The fourth-order valence-corrected chi connectivity index (χ4v) is 6.82. The Morgan fingerprint density at radius 2 is 1.88 bits per heavy atom. The normalized spacial score (nSPS) is 23.7. The highest BCUT2D eigenvalue weighted by atomic mass is 32.2. The van der Waals surface area contributed by atoms with E-state index in [2.05, 4.69) is 23.1 Å². The molecule has 1 atom stereocenters. The largest absolute Gasteiger partial charge is 0.383 e. The third-order valence-electron chi connectivity index (χ3n) is 7.40. The predicted octanol–water partition coefficient (Wildman–Crippen LogP) is 3.59. The highest BCUT2D eigenvalue weighted by Crippen LogP contribution is 2.39. The molecule has 3 amide bonds. The Hall–Kier alpha value is -2.09. The quantitative estimate of drug-likeness (QED) is 0.626. The lowest BCUT2D eigenvalue weighted by atomic mass is 9.85. The van der Waals surface area contributed by atoms with Crippen LogP contribution in [0, 0.1) is 0 Å². The number of nitrogens with zero attached hydrogens (tertiary/aromatic N) is 3. The molecule has 170 valence electrons. The molecule has 3 aliphatic rings. The number of carbonyl (C=O) groups excluding carboxylic acids is 2. The van der Waals surface area contributed by atoms with Gasteiger partial charge in [-0.25, -0.2) is 4.79 Å². The summed E-state index contributed by atoms with van der Waals surface area (Å²) in [7, 11) is 1.64. The van der Waals surface area contributed by atoms with Crippen LogP contribution in [0.5, 0.6) is 0 Å². The summed E-state index contributed by atoms with van der Waals surface area (Å²) in [5, 5.41) is 2.21. The van der Waals surface area contributed by atoms with E-state index in [-0.39, 0.29) is 11.9 Å². The summed E-state index contributed by atoms with van der Waals surface area (Å²) < 4.78 is 5.30. The third kappa shape index (κ3) is 3.70. The van der Waals surface area contributed by atoms with Crippen molar-refractivity contribution < 1.29 is 14.3 Å². The average molecular weight is 454 g/mol. The van der Waals surface area contributed by atoms with Gasteiger partial charge in [-0.05, 0) is 41.4 Å². The second-order valence-electron chi connectivity index (χ2n) is 9.04. The summed E-state index contributed by atoms with van der Waals surface area (Å²) in [6, 6.07) is 14.7. The van der Waals surface area contributed by atoms with Gasteiger partial charge in [-0.1, -0.05) is 42.5 Å². The van der Waals surface area contributed by atoms with Crippen LogP contribution in [0.25, 0.3) is 10.8 Å². The van der Waals surface area contributed by atoms with Gasteiger partial charge in [0.25, 0.3) is 5.91 Å². The zero-order valence-electron chi connectivity index (χ0n) is 18.7. The Kier molecular flexibility index (Phi) is 6.14. The number of ether oxygens (including phenoxy) is 1. The molecule has 7 heteroatoms. The molecular weight excluding hydrogens is 422 g/mol. The zero-order valence-corrected chi connectivity index (χ0v) is 19.5. The van der Waals surface area contributed by atoms with Crippen LogP contribution in [0.1, 0.15) is 24.8 Å². The van der Waals surface area contributed by atoms with E-state index in [1.165, 1.54) is 22.8 Å². The van der Waals surface area contributed by atoms with Crippen molar-refractivity contribution in [3.05, 3.63) is 48.0 Å². The molecule has 0 N–H and O–H groups in total. The first-order valence-electron chi connectivity index (χ1n) is 11.5. The highest BCUT2D eigenvalue weighted by molar-refractivity contribution is 7.99. The zero-order chi connectivity index (χ0) is 22.1. The van der Waals surface area contributed by atoms with Crippen molar-refractivity contribution in [1.82, 2.24) is 14.7 Å². The SMILES string of the molecule is COCCN1C(=O)N(Cc2cccc3ccccc23)C(=O)C12CCN([C@@H]1CCSC1)CC2. The first-order chi connectivity index (χ1) is 15.6. The number of urea groups is 1. The van der Waals surface area contributed by atoms with E-state index in [9.17, 15) is 9.59 Å². The van der Waals surface area contributed by atoms with Gasteiger partial charge in [0.1, 0.15) is 5.54 Å². The molecule has 0 aromatic heterocycles. The fourth-order valence-electron chi connectivity index (χ4n) is 5.57. The minimum Gasteiger partial charge on any atom is -0.383 e. The molecule has 3 saturated heterocycles. The standard InChI is InChI=1S/C25H31N3O3S/c1-31-15-14-28-24(30)27(17-20-7-4-6-19-5-2-3-8-22(19)20)23(29)25(28)10-12-26(13-11-25)21-9-16-32-18-21/h2-8,21H,9-18H2,1H3/t21-/m1/s1. The van der Waals surface area contributed by atoms with Gasteiger partial charge in [0.05, 0.1) is 13.2 Å². The third-order valence-corrected chi connectivity index (χ3v) is 8.54. The molecule has 32 heavy (non-hydrogen) atoms. The van der Waals surface area contributed by atoms with Gasteiger partial charge in [-0.2, -0.15) is 11.8 Å². The van der Waals surface area contributed by atoms with E-state index in [0.717, 1.165) is 29.4 Å². The van der Waals surface area contributed by atoms with E-state index >= 15 is 0 Å². The number of piperidine rings is 1. The molecule has 6 nitrogen and oxygen atoms in total. The minimum absolute atomic E-state index is 0.0352. The lowest BCUT2D eigenvalue weighted by Crippen LogP contribution is -2.58. The van der Waals surface area contributed by atoms with Gasteiger partial charge in [-0.3, -0.25) is 14.6 Å². The molecule has 3 aliphatic heterocycles. The lowest BCUT2D eigenvalue weighted by Gasteiger charge is -2.43. The number of hydrogen-bond donors (Lipinski definition) is 0. The Morgan fingerprint density at radius 3 is 2.62 bits per heavy atom. The van der Waals surface area contributed by atoms with Gasteiger partial charge < -0.3 is 9.64 Å². The van der Waals surface area contributed by atoms with Gasteiger partial charge in [0.2, 0.25) is 0 Å². The maximum atomic E-state index is 13.8. The van der Waals surface area contributed by atoms with Crippen molar-refractivity contribution in [2.24, 2.45) is 0 Å². The van der Waals surface area contributed by atoms with Gasteiger partial charge in [-0.15, -0.1) is 0 Å². The van der Waals surface area contributed by atoms with Crippen LogP contribution < -0.4 is 0 Å². The number of benzene rings is 2. The van der Waals surface area contributed by atoms with E-state index in [0.29, 0.717) is 38.6 Å².